The highest BCUT2D eigenvalue weighted by Crippen LogP contribution is 2.23. The minimum absolute atomic E-state index is 0.253. The van der Waals surface area contributed by atoms with Crippen LogP contribution in [0, 0.1) is 19.7 Å². The molecule has 0 bridgehead atoms. The van der Waals surface area contributed by atoms with E-state index in [0.29, 0.717) is 12.2 Å². The zero-order valence-electron chi connectivity index (χ0n) is 15.7. The summed E-state index contributed by atoms with van der Waals surface area (Å²) in [5.41, 5.74) is 4.58. The standard InChI is InChI=1S/C22H21FN4/c1-14-11-17(23)12-18-19(24-15(2)25-22(14)18)9-10-21-26-20(13-27(21)3)16-7-5-4-6-8-16/h4-8,11-13H,9-10H2,1-3H3. The van der Waals surface area contributed by atoms with Crippen molar-refractivity contribution in [2.45, 2.75) is 26.7 Å². The molecule has 5 heteroatoms. The van der Waals surface area contributed by atoms with Crippen molar-refractivity contribution >= 4 is 10.9 Å². The molecule has 2 aromatic heterocycles. The highest BCUT2D eigenvalue weighted by atomic mass is 19.1. The summed E-state index contributed by atoms with van der Waals surface area (Å²) in [6, 6.07) is 13.2. The molecule has 4 nitrogen and oxygen atoms in total. The molecule has 136 valence electrons. The second-order valence-corrected chi connectivity index (χ2v) is 6.86. The summed E-state index contributed by atoms with van der Waals surface area (Å²) in [7, 11) is 2.00. The molecule has 0 N–H and O–H groups in total. The van der Waals surface area contributed by atoms with Gasteiger partial charge in [-0.25, -0.2) is 19.3 Å². The van der Waals surface area contributed by atoms with Crippen molar-refractivity contribution in [1.82, 2.24) is 19.5 Å². The SMILES string of the molecule is Cc1nc(CCc2nc(-c3ccccc3)cn2C)c2cc(F)cc(C)c2n1. The van der Waals surface area contributed by atoms with E-state index in [4.69, 9.17) is 4.98 Å². The first-order valence-corrected chi connectivity index (χ1v) is 9.02. The number of fused-ring (bicyclic) bond motifs is 1. The van der Waals surface area contributed by atoms with Crippen LogP contribution in [0.4, 0.5) is 4.39 Å². The van der Waals surface area contributed by atoms with Gasteiger partial charge in [-0.05, 0) is 38.0 Å². The van der Waals surface area contributed by atoms with E-state index in [0.717, 1.165) is 45.7 Å². The quantitative estimate of drug-likeness (QED) is 0.535. The van der Waals surface area contributed by atoms with Crippen LogP contribution in [-0.2, 0) is 19.9 Å². The van der Waals surface area contributed by atoms with Crippen LogP contribution in [0.25, 0.3) is 22.2 Å². The highest BCUT2D eigenvalue weighted by molar-refractivity contribution is 5.84. The van der Waals surface area contributed by atoms with E-state index >= 15 is 0 Å². The van der Waals surface area contributed by atoms with Gasteiger partial charge in [0.25, 0.3) is 0 Å². The summed E-state index contributed by atoms with van der Waals surface area (Å²) in [5.74, 6) is 1.43. The summed E-state index contributed by atoms with van der Waals surface area (Å²) in [6.07, 6.45) is 3.45. The Morgan fingerprint density at radius 1 is 0.963 bits per heavy atom. The molecule has 2 aromatic carbocycles. The van der Waals surface area contributed by atoms with Gasteiger partial charge in [0.1, 0.15) is 17.5 Å². The van der Waals surface area contributed by atoms with E-state index < -0.39 is 0 Å². The number of hydrogen-bond acceptors (Lipinski definition) is 3. The predicted molar refractivity (Wildman–Crippen MR) is 105 cm³/mol. The molecule has 0 unspecified atom stereocenters. The van der Waals surface area contributed by atoms with Crippen molar-refractivity contribution < 1.29 is 4.39 Å². The van der Waals surface area contributed by atoms with Gasteiger partial charge in [0.2, 0.25) is 0 Å². The third kappa shape index (κ3) is 3.45. The molecular weight excluding hydrogens is 339 g/mol. The predicted octanol–water partition coefficient (Wildman–Crippen LogP) is 4.57. The summed E-state index contributed by atoms with van der Waals surface area (Å²) in [6.45, 7) is 3.76. The number of rotatable bonds is 4. The Hall–Kier alpha value is -3.08. The maximum absolute atomic E-state index is 13.9. The maximum Gasteiger partial charge on any atom is 0.126 e. The molecule has 4 aromatic rings. The Bertz CT molecular complexity index is 1120. The zero-order valence-corrected chi connectivity index (χ0v) is 15.7. The van der Waals surface area contributed by atoms with Crippen molar-refractivity contribution in [2.24, 2.45) is 7.05 Å². The van der Waals surface area contributed by atoms with Crippen molar-refractivity contribution in [3.8, 4) is 11.3 Å². The Morgan fingerprint density at radius 2 is 1.74 bits per heavy atom. The first-order chi connectivity index (χ1) is 13.0. The van der Waals surface area contributed by atoms with Gasteiger partial charge in [-0.1, -0.05) is 30.3 Å². The van der Waals surface area contributed by atoms with Gasteiger partial charge in [0.15, 0.2) is 0 Å². The minimum Gasteiger partial charge on any atom is -0.337 e. The van der Waals surface area contributed by atoms with E-state index in [9.17, 15) is 4.39 Å². The number of benzene rings is 2. The van der Waals surface area contributed by atoms with Crippen molar-refractivity contribution in [1.29, 1.82) is 0 Å². The number of halogens is 1. The highest BCUT2D eigenvalue weighted by Gasteiger charge is 2.12. The molecule has 0 fully saturated rings. The van der Waals surface area contributed by atoms with Crippen LogP contribution in [0.5, 0.6) is 0 Å². The lowest BCUT2D eigenvalue weighted by atomic mass is 10.1. The molecule has 27 heavy (non-hydrogen) atoms. The second kappa shape index (κ2) is 6.91. The number of aromatic nitrogens is 4. The van der Waals surface area contributed by atoms with E-state index in [1.807, 2.05) is 49.9 Å². The van der Waals surface area contributed by atoms with Crippen LogP contribution < -0.4 is 0 Å². The Balaban J connectivity index is 1.66. The molecule has 0 aliphatic rings. The first-order valence-electron chi connectivity index (χ1n) is 9.02. The fourth-order valence-corrected chi connectivity index (χ4v) is 3.45. The van der Waals surface area contributed by atoms with Crippen LogP contribution in [0.1, 0.15) is 22.9 Å². The minimum atomic E-state index is -0.253. The van der Waals surface area contributed by atoms with Gasteiger partial charge in [0, 0.05) is 30.6 Å². The average molecular weight is 360 g/mol. The Kier molecular flexibility index (Phi) is 4.44. The van der Waals surface area contributed by atoms with Gasteiger partial charge in [-0.2, -0.15) is 0 Å². The number of imidazole rings is 1. The number of hydrogen-bond donors (Lipinski definition) is 0. The number of aryl methyl sites for hydroxylation is 5. The van der Waals surface area contributed by atoms with E-state index in [-0.39, 0.29) is 5.82 Å². The monoisotopic (exact) mass is 360 g/mol. The van der Waals surface area contributed by atoms with Gasteiger partial charge in [0.05, 0.1) is 16.9 Å². The Labute approximate surface area is 157 Å². The Morgan fingerprint density at radius 3 is 2.52 bits per heavy atom. The molecule has 0 aliphatic heterocycles. The first kappa shape index (κ1) is 17.3. The average Bonchev–Trinajstić information content (AvgIpc) is 3.02. The second-order valence-electron chi connectivity index (χ2n) is 6.86. The lowest BCUT2D eigenvalue weighted by Gasteiger charge is -2.09. The summed E-state index contributed by atoms with van der Waals surface area (Å²) in [5, 5.41) is 0.788. The van der Waals surface area contributed by atoms with Crippen LogP contribution in [0.3, 0.4) is 0 Å². The van der Waals surface area contributed by atoms with Gasteiger partial charge in [-0.15, -0.1) is 0 Å². The molecular formula is C22H21FN4. The molecule has 0 amide bonds. The van der Waals surface area contributed by atoms with E-state index in [2.05, 4.69) is 22.1 Å². The van der Waals surface area contributed by atoms with Crippen LogP contribution >= 0.6 is 0 Å². The van der Waals surface area contributed by atoms with Crippen LogP contribution in [0.15, 0.2) is 48.7 Å². The summed E-state index contributed by atoms with van der Waals surface area (Å²) >= 11 is 0. The third-order valence-corrected chi connectivity index (χ3v) is 4.77. The normalized spacial score (nSPS) is 11.3. The lowest BCUT2D eigenvalue weighted by molar-refractivity contribution is 0.628. The molecule has 0 atom stereocenters. The fourth-order valence-electron chi connectivity index (χ4n) is 3.45. The molecule has 4 rings (SSSR count). The third-order valence-electron chi connectivity index (χ3n) is 4.77. The van der Waals surface area contributed by atoms with Crippen LogP contribution in [-0.4, -0.2) is 19.5 Å². The molecule has 0 saturated carbocycles. The lowest BCUT2D eigenvalue weighted by Crippen LogP contribution is -2.04. The maximum atomic E-state index is 13.9. The molecule has 0 radical (unpaired) electrons. The smallest absolute Gasteiger partial charge is 0.126 e. The van der Waals surface area contributed by atoms with Crippen molar-refractivity contribution in [3.63, 3.8) is 0 Å². The van der Waals surface area contributed by atoms with Crippen LogP contribution in [0.2, 0.25) is 0 Å². The topological polar surface area (TPSA) is 43.6 Å². The van der Waals surface area contributed by atoms with Crippen molar-refractivity contribution in [2.75, 3.05) is 0 Å². The van der Waals surface area contributed by atoms with Gasteiger partial charge in [-0.3, -0.25) is 0 Å². The van der Waals surface area contributed by atoms with Crippen molar-refractivity contribution in [3.05, 3.63) is 77.4 Å². The van der Waals surface area contributed by atoms with E-state index in [1.54, 1.807) is 0 Å². The molecule has 0 saturated heterocycles. The largest absolute Gasteiger partial charge is 0.337 e. The number of nitrogens with zero attached hydrogens (tertiary/aromatic N) is 4. The fraction of sp³-hybridized carbons (Fsp3) is 0.227. The molecule has 0 spiro atoms. The van der Waals surface area contributed by atoms with Gasteiger partial charge >= 0.3 is 0 Å². The molecule has 0 aliphatic carbocycles. The summed E-state index contributed by atoms with van der Waals surface area (Å²) in [4.78, 5) is 13.9. The molecule has 2 heterocycles. The summed E-state index contributed by atoms with van der Waals surface area (Å²) < 4.78 is 16.0. The zero-order chi connectivity index (χ0) is 19.0. The van der Waals surface area contributed by atoms with E-state index in [1.165, 1.54) is 12.1 Å². The van der Waals surface area contributed by atoms with Gasteiger partial charge < -0.3 is 4.57 Å².